The molecule has 0 aromatic carbocycles. The van der Waals surface area contributed by atoms with E-state index in [9.17, 15) is 0 Å². The summed E-state index contributed by atoms with van der Waals surface area (Å²) in [6.07, 6.45) is 3.50. The van der Waals surface area contributed by atoms with Crippen LogP contribution in [-0.4, -0.2) is 37.1 Å². The number of ether oxygens (including phenoxy) is 2. The summed E-state index contributed by atoms with van der Waals surface area (Å²) in [5, 5.41) is 0. The Bertz CT molecular complexity index is 123. The van der Waals surface area contributed by atoms with Gasteiger partial charge in [0, 0.05) is 20.6 Å². The third kappa shape index (κ3) is 3.49. The first kappa shape index (κ1) is 11.8. The lowest BCUT2D eigenvalue weighted by atomic mass is 10.1. The molecule has 0 N–H and O–H groups in total. The second-order valence-electron chi connectivity index (χ2n) is 2.58. The highest BCUT2D eigenvalue weighted by atomic mass is 28.2. The molecule has 0 amide bonds. The van der Waals surface area contributed by atoms with Gasteiger partial charge in [0.05, 0.1) is 6.61 Å². The molecule has 0 atom stereocenters. The first-order valence-electron chi connectivity index (χ1n) is 3.95. The molecule has 0 unspecified atom stereocenters. The molecule has 0 heterocycles. The Morgan fingerprint density at radius 2 is 2.00 bits per heavy atom. The summed E-state index contributed by atoms with van der Waals surface area (Å²) in [4.78, 5) is 0. The van der Waals surface area contributed by atoms with Gasteiger partial charge in [0.2, 0.25) is 0 Å². The van der Waals surface area contributed by atoms with Crippen LogP contribution in [0.4, 0.5) is 0 Å². The van der Waals surface area contributed by atoms with Gasteiger partial charge in [-0.15, -0.1) is 6.58 Å². The molecule has 0 radical (unpaired) electrons. The molecule has 0 aromatic rings. The van der Waals surface area contributed by atoms with Crippen LogP contribution in [0.1, 0.15) is 12.8 Å². The fourth-order valence-corrected chi connectivity index (χ4v) is 1.46. The van der Waals surface area contributed by atoms with Gasteiger partial charge in [-0.25, -0.2) is 0 Å². The highest BCUT2D eigenvalue weighted by molar-refractivity contribution is 5.97. The van der Waals surface area contributed by atoms with Crippen molar-refractivity contribution in [3.8, 4) is 0 Å². The van der Waals surface area contributed by atoms with Crippen molar-refractivity contribution in [1.82, 2.24) is 0 Å². The van der Waals surface area contributed by atoms with E-state index in [1.807, 2.05) is 6.08 Å². The fourth-order valence-electron chi connectivity index (χ4n) is 1.02. The van der Waals surface area contributed by atoms with E-state index in [1.54, 1.807) is 14.2 Å². The predicted molar refractivity (Wildman–Crippen MR) is 52.1 cm³/mol. The van der Waals surface area contributed by atoms with Gasteiger partial charge in [-0.05, 0) is 6.42 Å². The topological polar surface area (TPSA) is 27.7 Å². The van der Waals surface area contributed by atoms with Crippen molar-refractivity contribution in [2.45, 2.75) is 18.6 Å². The lowest BCUT2D eigenvalue weighted by Gasteiger charge is -2.29. The minimum Gasteiger partial charge on any atom is -0.422 e. The van der Waals surface area contributed by atoms with Crippen LogP contribution in [0.3, 0.4) is 0 Å². The quantitative estimate of drug-likeness (QED) is 0.327. The molecule has 0 aliphatic carbocycles. The van der Waals surface area contributed by atoms with E-state index in [4.69, 9.17) is 13.9 Å². The molecule has 0 saturated heterocycles. The number of methoxy groups -OCH3 is 2. The second kappa shape index (κ2) is 6.36. The predicted octanol–water partition coefficient (Wildman–Crippen LogP) is 0.239. The average Bonchev–Trinajstić information content (AvgIpc) is 2.13. The van der Waals surface area contributed by atoms with Crippen LogP contribution in [0.15, 0.2) is 12.7 Å². The van der Waals surface area contributed by atoms with Gasteiger partial charge in [-0.3, -0.25) is 0 Å². The monoisotopic (exact) mass is 190 g/mol. The minimum atomic E-state index is -0.573. The van der Waals surface area contributed by atoms with Gasteiger partial charge in [0.1, 0.15) is 10.5 Å². The fraction of sp³-hybridized carbons (Fsp3) is 0.750. The number of hydrogen-bond acceptors (Lipinski definition) is 3. The molecule has 0 spiro atoms. The number of allylic oxidation sites excluding steroid dienone is 1. The summed E-state index contributed by atoms with van der Waals surface area (Å²) >= 11 is 0. The van der Waals surface area contributed by atoms with Crippen molar-refractivity contribution < 1.29 is 13.9 Å². The average molecular weight is 190 g/mol. The first-order chi connectivity index (χ1) is 5.74. The Balaban J connectivity index is 4.03. The third-order valence-electron chi connectivity index (χ3n) is 1.84. The molecule has 0 aliphatic heterocycles. The maximum Gasteiger partial charge on any atom is 0.190 e. The van der Waals surface area contributed by atoms with Crippen molar-refractivity contribution in [2.75, 3.05) is 20.8 Å². The van der Waals surface area contributed by atoms with E-state index in [1.165, 1.54) is 0 Å². The zero-order valence-electron chi connectivity index (χ0n) is 8.13. The van der Waals surface area contributed by atoms with E-state index in [0.29, 0.717) is 17.1 Å². The molecule has 3 nitrogen and oxygen atoms in total. The molecular formula is C8H18O3Si. The van der Waals surface area contributed by atoms with E-state index in [0.717, 1.165) is 12.8 Å². The Hall–Kier alpha value is -0.163. The van der Waals surface area contributed by atoms with E-state index >= 15 is 0 Å². The maximum absolute atomic E-state index is 5.26. The lowest BCUT2D eigenvalue weighted by molar-refractivity contribution is -0.225. The van der Waals surface area contributed by atoms with E-state index in [-0.39, 0.29) is 0 Å². The van der Waals surface area contributed by atoms with E-state index < -0.39 is 5.79 Å². The van der Waals surface area contributed by atoms with Gasteiger partial charge in [0.15, 0.2) is 5.79 Å². The molecule has 0 bridgehead atoms. The van der Waals surface area contributed by atoms with Crippen molar-refractivity contribution in [2.24, 2.45) is 0 Å². The molecule has 0 fully saturated rings. The maximum atomic E-state index is 5.26. The summed E-state index contributed by atoms with van der Waals surface area (Å²) in [6, 6.07) is 0. The van der Waals surface area contributed by atoms with E-state index in [2.05, 4.69) is 6.58 Å². The summed E-state index contributed by atoms with van der Waals surface area (Å²) < 4.78 is 15.7. The highest BCUT2D eigenvalue weighted by Crippen LogP contribution is 2.18. The van der Waals surface area contributed by atoms with Crippen LogP contribution < -0.4 is 0 Å². The summed E-state index contributed by atoms with van der Waals surface area (Å²) in [5.74, 6) is -0.573. The normalized spacial score (nSPS) is 11.8. The standard InChI is InChI=1S/C8H18O3Si/c1-4-5-6-8(9-2,10-3)7-11-12/h4H,1,5-7H2,2-3,12H3. The Morgan fingerprint density at radius 3 is 2.33 bits per heavy atom. The summed E-state index contributed by atoms with van der Waals surface area (Å²) in [5.41, 5.74) is 0. The summed E-state index contributed by atoms with van der Waals surface area (Å²) in [6.45, 7) is 4.15. The Kier molecular flexibility index (Phi) is 6.28. The van der Waals surface area contributed by atoms with Crippen LogP contribution in [-0.2, 0) is 13.9 Å². The van der Waals surface area contributed by atoms with Crippen LogP contribution in [0, 0.1) is 0 Å². The van der Waals surface area contributed by atoms with Gasteiger partial charge < -0.3 is 13.9 Å². The molecule has 0 rings (SSSR count). The van der Waals surface area contributed by atoms with Crippen molar-refractivity contribution in [3.63, 3.8) is 0 Å². The number of rotatable bonds is 7. The smallest absolute Gasteiger partial charge is 0.190 e. The molecular weight excluding hydrogens is 172 g/mol. The van der Waals surface area contributed by atoms with Crippen LogP contribution in [0.25, 0.3) is 0 Å². The van der Waals surface area contributed by atoms with Crippen LogP contribution >= 0.6 is 0 Å². The van der Waals surface area contributed by atoms with Gasteiger partial charge >= 0.3 is 0 Å². The zero-order chi connectivity index (χ0) is 9.45. The summed E-state index contributed by atoms with van der Waals surface area (Å²) in [7, 11) is 3.97. The molecule has 0 aromatic heterocycles. The molecule has 12 heavy (non-hydrogen) atoms. The second-order valence-corrected chi connectivity index (χ2v) is 3.16. The Morgan fingerprint density at radius 1 is 1.42 bits per heavy atom. The van der Waals surface area contributed by atoms with Gasteiger partial charge in [-0.1, -0.05) is 6.08 Å². The van der Waals surface area contributed by atoms with Crippen LogP contribution in [0.2, 0.25) is 0 Å². The zero-order valence-corrected chi connectivity index (χ0v) is 10.1. The molecule has 4 heteroatoms. The number of hydrogen-bond donors (Lipinski definition) is 0. The molecule has 72 valence electrons. The van der Waals surface area contributed by atoms with Crippen LogP contribution in [0.5, 0.6) is 0 Å². The molecule has 0 saturated carbocycles. The van der Waals surface area contributed by atoms with Gasteiger partial charge in [0.25, 0.3) is 0 Å². The first-order valence-corrected chi connectivity index (χ1v) is 4.76. The van der Waals surface area contributed by atoms with Crippen molar-refractivity contribution in [1.29, 1.82) is 0 Å². The highest BCUT2D eigenvalue weighted by Gasteiger charge is 2.27. The van der Waals surface area contributed by atoms with Crippen molar-refractivity contribution in [3.05, 3.63) is 12.7 Å². The Labute approximate surface area is 77.2 Å². The van der Waals surface area contributed by atoms with Crippen molar-refractivity contribution >= 4 is 10.5 Å². The minimum absolute atomic E-state index is 0.500. The SMILES string of the molecule is C=CCCC(CO[SiH3])(OC)OC. The lowest BCUT2D eigenvalue weighted by Crippen LogP contribution is -2.38. The largest absolute Gasteiger partial charge is 0.422 e. The molecule has 0 aliphatic rings. The van der Waals surface area contributed by atoms with Gasteiger partial charge in [-0.2, -0.15) is 0 Å². The third-order valence-corrected chi connectivity index (χ3v) is 2.13.